The maximum absolute atomic E-state index is 12.2. The minimum Gasteiger partial charge on any atom is -0.493 e. The number of anilines is 1. The SMILES string of the molecule is COc1ccc([C@H]2S[C@H](C)C(=O)Nc3n[nH]c(C)c32)cc1OC. The number of carbonyl (C=O) groups excluding carboxylic acids is 1. The Bertz CT molecular complexity index is 744. The van der Waals surface area contributed by atoms with Gasteiger partial charge in [-0.2, -0.15) is 5.10 Å². The average Bonchev–Trinajstić information content (AvgIpc) is 2.85. The van der Waals surface area contributed by atoms with E-state index < -0.39 is 0 Å². The topological polar surface area (TPSA) is 76.2 Å². The number of rotatable bonds is 3. The third kappa shape index (κ3) is 2.76. The Hall–Kier alpha value is -2.15. The summed E-state index contributed by atoms with van der Waals surface area (Å²) < 4.78 is 10.7. The van der Waals surface area contributed by atoms with E-state index in [0.29, 0.717) is 17.3 Å². The lowest BCUT2D eigenvalue weighted by Crippen LogP contribution is -2.21. The number of nitrogens with zero attached hydrogens (tertiary/aromatic N) is 1. The van der Waals surface area contributed by atoms with Crippen molar-refractivity contribution < 1.29 is 14.3 Å². The van der Waals surface area contributed by atoms with Crippen molar-refractivity contribution in [1.29, 1.82) is 0 Å². The van der Waals surface area contributed by atoms with Crippen molar-refractivity contribution in [3.05, 3.63) is 35.0 Å². The van der Waals surface area contributed by atoms with Crippen LogP contribution in [0.4, 0.5) is 5.82 Å². The van der Waals surface area contributed by atoms with Crippen molar-refractivity contribution in [3.63, 3.8) is 0 Å². The number of aromatic amines is 1. The predicted octanol–water partition coefficient (Wildman–Crippen LogP) is 2.90. The number of carbonyl (C=O) groups is 1. The van der Waals surface area contributed by atoms with Gasteiger partial charge in [-0.25, -0.2) is 0 Å². The second-order valence-electron chi connectivity index (χ2n) is 5.37. The molecule has 0 saturated heterocycles. The number of fused-ring (bicyclic) bond motifs is 1. The van der Waals surface area contributed by atoms with Gasteiger partial charge in [0.1, 0.15) is 0 Å². The zero-order valence-corrected chi connectivity index (χ0v) is 14.3. The lowest BCUT2D eigenvalue weighted by Gasteiger charge is -2.19. The number of aryl methyl sites for hydroxylation is 1. The molecule has 0 saturated carbocycles. The average molecular weight is 333 g/mol. The summed E-state index contributed by atoms with van der Waals surface area (Å²) in [7, 11) is 3.23. The molecule has 2 atom stereocenters. The summed E-state index contributed by atoms with van der Waals surface area (Å²) in [4.78, 5) is 12.2. The van der Waals surface area contributed by atoms with Gasteiger partial charge in [0, 0.05) is 11.3 Å². The minimum absolute atomic E-state index is 0.0162. The predicted molar refractivity (Wildman–Crippen MR) is 90.4 cm³/mol. The van der Waals surface area contributed by atoms with E-state index in [2.05, 4.69) is 15.5 Å². The van der Waals surface area contributed by atoms with Gasteiger partial charge in [-0.3, -0.25) is 9.89 Å². The molecule has 6 nitrogen and oxygen atoms in total. The Labute approximate surface area is 138 Å². The highest BCUT2D eigenvalue weighted by Crippen LogP contribution is 2.46. The number of methoxy groups -OCH3 is 2. The first kappa shape index (κ1) is 15.7. The Morgan fingerprint density at radius 3 is 2.65 bits per heavy atom. The van der Waals surface area contributed by atoms with Crippen LogP contribution in [0.1, 0.15) is 29.0 Å². The van der Waals surface area contributed by atoms with E-state index in [1.807, 2.05) is 32.0 Å². The first-order valence-corrected chi connectivity index (χ1v) is 8.22. The number of H-pyrrole nitrogens is 1. The maximum atomic E-state index is 12.2. The Morgan fingerprint density at radius 2 is 1.96 bits per heavy atom. The molecule has 0 radical (unpaired) electrons. The van der Waals surface area contributed by atoms with Crippen molar-refractivity contribution in [1.82, 2.24) is 10.2 Å². The molecular weight excluding hydrogens is 314 g/mol. The molecule has 0 spiro atoms. The highest BCUT2D eigenvalue weighted by molar-refractivity contribution is 8.01. The highest BCUT2D eigenvalue weighted by atomic mass is 32.2. The fourth-order valence-electron chi connectivity index (χ4n) is 2.67. The van der Waals surface area contributed by atoms with E-state index in [4.69, 9.17) is 9.47 Å². The highest BCUT2D eigenvalue weighted by Gasteiger charge is 2.32. The summed E-state index contributed by atoms with van der Waals surface area (Å²) in [6.07, 6.45) is 0. The summed E-state index contributed by atoms with van der Waals surface area (Å²) in [5.41, 5.74) is 2.99. The summed E-state index contributed by atoms with van der Waals surface area (Å²) in [5, 5.41) is 9.88. The van der Waals surface area contributed by atoms with Crippen molar-refractivity contribution in [2.24, 2.45) is 0 Å². The van der Waals surface area contributed by atoms with Gasteiger partial charge in [-0.1, -0.05) is 6.07 Å². The summed E-state index contributed by atoms with van der Waals surface area (Å²) in [5.74, 6) is 1.92. The van der Waals surface area contributed by atoms with E-state index >= 15 is 0 Å². The van der Waals surface area contributed by atoms with Gasteiger partial charge >= 0.3 is 0 Å². The lowest BCUT2D eigenvalue weighted by molar-refractivity contribution is -0.115. The Kier molecular flexibility index (Phi) is 4.21. The van der Waals surface area contributed by atoms with Gasteiger partial charge in [0.25, 0.3) is 0 Å². The summed E-state index contributed by atoms with van der Waals surface area (Å²) >= 11 is 1.59. The number of thioether (sulfide) groups is 1. The molecule has 1 aliphatic heterocycles. The molecule has 2 aromatic rings. The number of aromatic nitrogens is 2. The van der Waals surface area contributed by atoms with Crippen LogP contribution in [0.5, 0.6) is 11.5 Å². The van der Waals surface area contributed by atoms with Gasteiger partial charge in [0.15, 0.2) is 17.3 Å². The van der Waals surface area contributed by atoms with Gasteiger partial charge in [0.2, 0.25) is 5.91 Å². The molecule has 0 aliphatic carbocycles. The number of hydrogen-bond donors (Lipinski definition) is 2. The van der Waals surface area contributed by atoms with E-state index in [-0.39, 0.29) is 16.4 Å². The zero-order valence-electron chi connectivity index (χ0n) is 13.5. The van der Waals surface area contributed by atoms with Crippen LogP contribution in [0, 0.1) is 6.92 Å². The van der Waals surface area contributed by atoms with Crippen molar-refractivity contribution in [3.8, 4) is 11.5 Å². The van der Waals surface area contributed by atoms with Gasteiger partial charge < -0.3 is 14.8 Å². The number of amides is 1. The van der Waals surface area contributed by atoms with Crippen molar-refractivity contribution in [2.45, 2.75) is 24.3 Å². The fraction of sp³-hybridized carbons (Fsp3) is 0.375. The number of benzene rings is 1. The molecule has 0 unspecified atom stereocenters. The van der Waals surface area contributed by atoms with Crippen molar-refractivity contribution in [2.75, 3.05) is 19.5 Å². The molecule has 0 fully saturated rings. The second kappa shape index (κ2) is 6.16. The molecule has 3 rings (SSSR count). The van der Waals surface area contributed by atoms with Gasteiger partial charge in [-0.05, 0) is 31.5 Å². The Balaban J connectivity index is 2.10. The van der Waals surface area contributed by atoms with Gasteiger partial charge in [0.05, 0.1) is 24.7 Å². The molecule has 7 heteroatoms. The Morgan fingerprint density at radius 1 is 1.22 bits per heavy atom. The van der Waals surface area contributed by atoms with Crippen LogP contribution in [0.3, 0.4) is 0 Å². The van der Waals surface area contributed by atoms with E-state index in [1.165, 1.54) is 0 Å². The molecule has 1 amide bonds. The quantitative estimate of drug-likeness (QED) is 0.903. The molecular formula is C16H19N3O3S. The van der Waals surface area contributed by atoms with E-state index in [0.717, 1.165) is 16.8 Å². The maximum Gasteiger partial charge on any atom is 0.238 e. The number of nitrogens with one attached hydrogen (secondary N) is 2. The second-order valence-corrected chi connectivity index (χ2v) is 6.82. The lowest BCUT2D eigenvalue weighted by atomic mass is 10.0. The van der Waals surface area contributed by atoms with Crippen LogP contribution in [0.25, 0.3) is 0 Å². The molecule has 122 valence electrons. The van der Waals surface area contributed by atoms with Crippen molar-refractivity contribution >= 4 is 23.5 Å². The molecule has 2 heterocycles. The summed E-state index contributed by atoms with van der Waals surface area (Å²) in [6.45, 7) is 3.86. The van der Waals surface area contributed by atoms with Gasteiger partial charge in [-0.15, -0.1) is 11.8 Å². The summed E-state index contributed by atoms with van der Waals surface area (Å²) in [6, 6.07) is 5.83. The molecule has 1 aromatic heterocycles. The number of hydrogen-bond acceptors (Lipinski definition) is 5. The molecule has 1 aromatic carbocycles. The largest absolute Gasteiger partial charge is 0.493 e. The van der Waals surface area contributed by atoms with Crippen LogP contribution >= 0.6 is 11.8 Å². The monoisotopic (exact) mass is 333 g/mol. The van der Waals surface area contributed by atoms with Crippen LogP contribution in [0.2, 0.25) is 0 Å². The minimum atomic E-state index is -0.179. The third-order valence-corrected chi connectivity index (χ3v) is 5.32. The third-order valence-electron chi connectivity index (χ3n) is 3.92. The smallest absolute Gasteiger partial charge is 0.238 e. The van der Waals surface area contributed by atoms with Crippen LogP contribution in [0.15, 0.2) is 18.2 Å². The standard InChI is InChI=1S/C16H19N3O3S/c1-8-13-14(10-5-6-11(21-3)12(7-10)22-4)23-9(2)16(20)17-15(13)19-18-8/h5-7,9,14H,1-4H3,(H2,17,18,19,20)/t9-,14-/m1/s1. The van der Waals surface area contributed by atoms with E-state index in [1.54, 1.807) is 26.0 Å². The van der Waals surface area contributed by atoms with Crippen LogP contribution in [-0.4, -0.2) is 35.6 Å². The van der Waals surface area contributed by atoms with Crippen LogP contribution < -0.4 is 14.8 Å². The molecule has 0 bridgehead atoms. The first-order valence-electron chi connectivity index (χ1n) is 7.28. The molecule has 2 N–H and O–H groups in total. The fourth-order valence-corrected chi connectivity index (χ4v) is 3.99. The molecule has 1 aliphatic rings. The molecule has 23 heavy (non-hydrogen) atoms. The normalized spacial score (nSPS) is 20.4. The first-order chi connectivity index (χ1) is 11.0. The van der Waals surface area contributed by atoms with E-state index in [9.17, 15) is 4.79 Å². The number of ether oxygens (including phenoxy) is 2. The zero-order chi connectivity index (χ0) is 16.6. The van der Waals surface area contributed by atoms with Crippen LogP contribution in [-0.2, 0) is 4.79 Å².